The van der Waals surface area contributed by atoms with Gasteiger partial charge in [0.15, 0.2) is 0 Å². The highest BCUT2D eigenvalue weighted by Gasteiger charge is 2.50. The highest BCUT2D eigenvalue weighted by atomic mass is 16.5. The molecular formula is C49H33NO2. The first-order chi connectivity index (χ1) is 25.8. The largest absolute Gasteiger partial charge is 0.457 e. The molecular weight excluding hydrogens is 635 g/mol. The third kappa shape index (κ3) is 4.08. The van der Waals surface area contributed by atoms with Crippen molar-refractivity contribution in [1.82, 2.24) is 4.57 Å². The third-order valence-corrected chi connectivity index (χ3v) is 11.1. The van der Waals surface area contributed by atoms with Crippen LogP contribution in [0.15, 0.2) is 176 Å². The molecule has 0 saturated heterocycles. The summed E-state index contributed by atoms with van der Waals surface area (Å²) in [6, 6.07) is 56.6. The van der Waals surface area contributed by atoms with Gasteiger partial charge in [-0.05, 0) is 78.1 Å². The number of hydrogen-bond donors (Lipinski definition) is 0. The Balaban J connectivity index is 1.24. The zero-order chi connectivity index (χ0) is 34.2. The lowest BCUT2D eigenvalue weighted by Gasteiger charge is -2.45. The second kappa shape index (κ2) is 11.2. The van der Waals surface area contributed by atoms with E-state index in [-0.39, 0.29) is 0 Å². The summed E-state index contributed by atoms with van der Waals surface area (Å²) in [5.41, 5.74) is 12.0. The van der Waals surface area contributed by atoms with Crippen LogP contribution in [0.2, 0.25) is 0 Å². The van der Waals surface area contributed by atoms with Crippen LogP contribution in [0.4, 0.5) is 0 Å². The van der Waals surface area contributed by atoms with Crippen LogP contribution in [0.3, 0.4) is 0 Å². The Hall–Kier alpha value is -6.58. The fraction of sp³-hybridized carbons (Fsp3) is 0.0612. The topological polar surface area (TPSA) is 23.4 Å². The highest BCUT2D eigenvalue weighted by molar-refractivity contribution is 6.15. The van der Waals surface area contributed by atoms with E-state index in [0.29, 0.717) is 0 Å². The molecule has 0 fully saturated rings. The molecule has 8 aromatic rings. The summed E-state index contributed by atoms with van der Waals surface area (Å²) >= 11 is 0. The van der Waals surface area contributed by atoms with Gasteiger partial charge >= 0.3 is 0 Å². The maximum Gasteiger partial charge on any atom is 0.132 e. The number of para-hydroxylation sites is 4. The first kappa shape index (κ1) is 29.2. The Bertz CT molecular complexity index is 2760. The smallest absolute Gasteiger partial charge is 0.132 e. The van der Waals surface area contributed by atoms with Crippen molar-refractivity contribution in [3.63, 3.8) is 0 Å². The highest BCUT2D eigenvalue weighted by Crippen LogP contribution is 2.62. The molecule has 1 atom stereocenters. The fourth-order valence-electron chi connectivity index (χ4n) is 8.93. The van der Waals surface area contributed by atoms with Crippen LogP contribution in [-0.4, -0.2) is 4.57 Å². The minimum absolute atomic E-state index is 0.704. The summed E-state index contributed by atoms with van der Waals surface area (Å²) in [5, 5.41) is 2.50. The lowest BCUT2D eigenvalue weighted by Crippen LogP contribution is -2.36. The van der Waals surface area contributed by atoms with E-state index in [0.717, 1.165) is 69.2 Å². The molecule has 0 saturated carbocycles. The number of aromatic nitrogens is 1. The molecule has 7 aromatic carbocycles. The minimum Gasteiger partial charge on any atom is -0.457 e. The fourth-order valence-corrected chi connectivity index (χ4v) is 8.93. The van der Waals surface area contributed by atoms with E-state index in [1.165, 1.54) is 38.6 Å². The molecule has 3 aliphatic rings. The molecule has 0 N–H and O–H groups in total. The molecule has 1 unspecified atom stereocenters. The zero-order valence-corrected chi connectivity index (χ0v) is 28.4. The molecule has 1 spiro atoms. The maximum atomic E-state index is 6.83. The predicted molar refractivity (Wildman–Crippen MR) is 211 cm³/mol. The minimum atomic E-state index is -0.704. The molecule has 0 amide bonds. The van der Waals surface area contributed by atoms with Crippen molar-refractivity contribution in [2.45, 2.75) is 18.3 Å². The molecule has 246 valence electrons. The standard InChI is InChI=1S/C49H33NO2/c1-3-14-32(15-4-1)33-26-28-46-41(30-33)49(39-21-8-11-24-44(39)51-46)40-22-9-12-25-45(40)52-47-29-27-34(31-42(47)49)36-19-13-20-38-37-18-7-10-23-43(37)50(48(36)38)35-16-5-2-6-17-35/h1,3-5,7-31H,2,6H2. The van der Waals surface area contributed by atoms with Gasteiger partial charge in [-0.25, -0.2) is 0 Å². The van der Waals surface area contributed by atoms with Gasteiger partial charge < -0.3 is 14.0 Å². The molecule has 3 heterocycles. The average molecular weight is 668 g/mol. The number of fused-ring (bicyclic) bond motifs is 11. The summed E-state index contributed by atoms with van der Waals surface area (Å²) in [7, 11) is 0. The Morgan fingerprint density at radius 1 is 0.462 bits per heavy atom. The van der Waals surface area contributed by atoms with Crippen LogP contribution in [0.5, 0.6) is 23.0 Å². The van der Waals surface area contributed by atoms with Gasteiger partial charge in [0.2, 0.25) is 0 Å². The van der Waals surface area contributed by atoms with Crippen LogP contribution in [0.1, 0.15) is 35.1 Å². The lowest BCUT2D eigenvalue weighted by atomic mass is 9.62. The summed E-state index contributed by atoms with van der Waals surface area (Å²) in [6.07, 6.45) is 9.04. The van der Waals surface area contributed by atoms with Gasteiger partial charge in [0.05, 0.1) is 16.4 Å². The summed E-state index contributed by atoms with van der Waals surface area (Å²) < 4.78 is 16.0. The first-order valence-electron chi connectivity index (χ1n) is 18.1. The van der Waals surface area contributed by atoms with Crippen molar-refractivity contribution in [2.24, 2.45) is 0 Å². The molecule has 2 aliphatic heterocycles. The van der Waals surface area contributed by atoms with Gasteiger partial charge in [-0.15, -0.1) is 0 Å². The van der Waals surface area contributed by atoms with Crippen molar-refractivity contribution in [3.05, 3.63) is 198 Å². The summed E-state index contributed by atoms with van der Waals surface area (Å²) in [5.74, 6) is 3.41. The van der Waals surface area contributed by atoms with Crippen LogP contribution in [-0.2, 0) is 5.41 Å². The number of benzene rings is 7. The molecule has 0 bridgehead atoms. The van der Waals surface area contributed by atoms with Crippen molar-refractivity contribution in [3.8, 4) is 45.3 Å². The van der Waals surface area contributed by atoms with Crippen molar-refractivity contribution < 1.29 is 9.47 Å². The van der Waals surface area contributed by atoms with Gasteiger partial charge in [0, 0.05) is 44.3 Å². The number of hydrogen-bond acceptors (Lipinski definition) is 2. The molecule has 11 rings (SSSR count). The van der Waals surface area contributed by atoms with Crippen LogP contribution in [0, 0.1) is 0 Å². The average Bonchev–Trinajstić information content (AvgIpc) is 3.56. The maximum absolute atomic E-state index is 6.83. The Kier molecular flexibility index (Phi) is 6.29. The number of nitrogens with zero attached hydrogens (tertiary/aromatic N) is 1. The van der Waals surface area contributed by atoms with Crippen molar-refractivity contribution >= 4 is 27.5 Å². The SMILES string of the molecule is C1=CC(n2c3ccccc3c3cccc(-c4ccc5c(c4)C4(c6ccccc6Oc6ccc(-c7ccccc7)cc64)c4ccccc4O5)c32)=CCC1. The molecule has 52 heavy (non-hydrogen) atoms. The Labute approximate surface area is 302 Å². The second-order valence-electron chi connectivity index (χ2n) is 13.9. The number of rotatable bonds is 3. The van der Waals surface area contributed by atoms with Gasteiger partial charge in [-0.3, -0.25) is 0 Å². The zero-order valence-electron chi connectivity index (χ0n) is 28.4. The van der Waals surface area contributed by atoms with E-state index < -0.39 is 5.41 Å². The molecule has 3 nitrogen and oxygen atoms in total. The number of allylic oxidation sites excluding steroid dienone is 4. The van der Waals surface area contributed by atoms with E-state index in [4.69, 9.17) is 9.47 Å². The normalized spacial score (nSPS) is 16.7. The van der Waals surface area contributed by atoms with E-state index >= 15 is 0 Å². The van der Waals surface area contributed by atoms with Gasteiger partial charge in [-0.2, -0.15) is 0 Å². The van der Waals surface area contributed by atoms with Gasteiger partial charge in [0.25, 0.3) is 0 Å². The monoisotopic (exact) mass is 667 g/mol. The van der Waals surface area contributed by atoms with Crippen LogP contribution >= 0.6 is 0 Å². The van der Waals surface area contributed by atoms with E-state index in [9.17, 15) is 0 Å². The van der Waals surface area contributed by atoms with E-state index in [1.807, 2.05) is 0 Å². The van der Waals surface area contributed by atoms with Crippen molar-refractivity contribution in [2.75, 3.05) is 0 Å². The second-order valence-corrected chi connectivity index (χ2v) is 13.9. The molecule has 3 heteroatoms. The molecule has 1 aromatic heterocycles. The first-order valence-corrected chi connectivity index (χ1v) is 18.1. The number of ether oxygens (including phenoxy) is 2. The summed E-state index contributed by atoms with van der Waals surface area (Å²) in [6.45, 7) is 0. The van der Waals surface area contributed by atoms with Crippen molar-refractivity contribution in [1.29, 1.82) is 0 Å². The quantitative estimate of drug-likeness (QED) is 0.187. The predicted octanol–water partition coefficient (Wildman–Crippen LogP) is 12.9. The third-order valence-electron chi connectivity index (χ3n) is 11.1. The molecule has 0 radical (unpaired) electrons. The van der Waals surface area contributed by atoms with Gasteiger partial charge in [0.1, 0.15) is 23.0 Å². The molecule has 1 aliphatic carbocycles. The van der Waals surface area contributed by atoms with E-state index in [2.05, 4.69) is 181 Å². The van der Waals surface area contributed by atoms with Crippen LogP contribution in [0.25, 0.3) is 49.8 Å². The summed E-state index contributed by atoms with van der Waals surface area (Å²) in [4.78, 5) is 0. The van der Waals surface area contributed by atoms with Crippen LogP contribution < -0.4 is 9.47 Å². The van der Waals surface area contributed by atoms with E-state index in [1.54, 1.807) is 0 Å². The van der Waals surface area contributed by atoms with Gasteiger partial charge in [-0.1, -0.05) is 127 Å². The Morgan fingerprint density at radius 2 is 1.08 bits per heavy atom. The Morgan fingerprint density at radius 3 is 1.81 bits per heavy atom. The lowest BCUT2D eigenvalue weighted by molar-refractivity contribution is 0.399.